The topological polar surface area (TPSA) is 71.1 Å². The van der Waals surface area contributed by atoms with E-state index in [1.807, 2.05) is 16.8 Å². The number of carbonyl (C=O) groups is 2. The maximum Gasteiger partial charge on any atom is 0.267 e. The summed E-state index contributed by atoms with van der Waals surface area (Å²) in [5.41, 5.74) is 1.75. The third-order valence-corrected chi connectivity index (χ3v) is 5.45. The van der Waals surface area contributed by atoms with E-state index in [1.165, 1.54) is 34.8 Å². The normalized spacial score (nSPS) is 10.6. The van der Waals surface area contributed by atoms with Gasteiger partial charge in [0, 0.05) is 18.3 Å². The lowest BCUT2D eigenvalue weighted by molar-refractivity contribution is -0.121. The molecule has 0 saturated carbocycles. The van der Waals surface area contributed by atoms with Gasteiger partial charge in [-0.1, -0.05) is 18.2 Å². The summed E-state index contributed by atoms with van der Waals surface area (Å²) in [4.78, 5) is 28.9. The van der Waals surface area contributed by atoms with E-state index in [0.717, 1.165) is 11.3 Å². The number of aromatic nitrogens is 1. The largest absolute Gasteiger partial charge is 0.356 e. The molecule has 3 aromatic rings. The second kappa shape index (κ2) is 9.38. The number of carbonyl (C=O) groups excluding carboxylic acids is 2. The molecule has 2 N–H and O–H groups in total. The lowest BCUT2D eigenvalue weighted by Crippen LogP contribution is -2.25. The van der Waals surface area contributed by atoms with Crippen LogP contribution in [0, 0.1) is 5.82 Å². The molecule has 0 fully saturated rings. The number of amides is 2. The summed E-state index contributed by atoms with van der Waals surface area (Å²) in [6.45, 7) is 0.504. The van der Waals surface area contributed by atoms with Crippen LogP contribution in [0.5, 0.6) is 0 Å². The van der Waals surface area contributed by atoms with Crippen LogP contribution in [0.3, 0.4) is 0 Å². The number of thiophene rings is 1. The first-order chi connectivity index (χ1) is 13.1. The van der Waals surface area contributed by atoms with Crippen LogP contribution >= 0.6 is 22.7 Å². The average Bonchev–Trinajstić information content (AvgIpc) is 3.33. The molecule has 140 valence electrons. The average molecular weight is 404 g/mol. The van der Waals surface area contributed by atoms with Gasteiger partial charge >= 0.3 is 0 Å². The van der Waals surface area contributed by atoms with Gasteiger partial charge in [-0.2, -0.15) is 0 Å². The second-order valence-electron chi connectivity index (χ2n) is 5.80. The highest BCUT2D eigenvalue weighted by molar-refractivity contribution is 7.14. The van der Waals surface area contributed by atoms with Crippen molar-refractivity contribution >= 4 is 39.6 Å². The number of nitrogens with one attached hydrogen (secondary N) is 2. The van der Waals surface area contributed by atoms with Crippen LogP contribution in [0.2, 0.25) is 0 Å². The van der Waals surface area contributed by atoms with E-state index < -0.39 is 0 Å². The first-order valence-corrected chi connectivity index (χ1v) is 10.2. The molecule has 0 bridgehead atoms. The van der Waals surface area contributed by atoms with Gasteiger partial charge in [-0.25, -0.2) is 9.37 Å². The molecule has 0 aliphatic rings. The van der Waals surface area contributed by atoms with Crippen molar-refractivity contribution < 1.29 is 14.0 Å². The summed E-state index contributed by atoms with van der Waals surface area (Å²) in [5, 5.41) is 9.82. The van der Waals surface area contributed by atoms with Crippen molar-refractivity contribution in [3.05, 3.63) is 69.1 Å². The summed E-state index contributed by atoms with van der Waals surface area (Å²) in [5.74, 6) is -0.504. The lowest BCUT2D eigenvalue weighted by Gasteiger charge is -2.05. The third-order valence-electron chi connectivity index (χ3n) is 3.77. The highest BCUT2D eigenvalue weighted by Gasteiger charge is 2.10. The monoisotopic (exact) mass is 403 g/mol. The van der Waals surface area contributed by atoms with Crippen molar-refractivity contribution in [3.63, 3.8) is 0 Å². The predicted molar refractivity (Wildman–Crippen MR) is 106 cm³/mol. The molecule has 2 heterocycles. The van der Waals surface area contributed by atoms with Gasteiger partial charge in [0.1, 0.15) is 5.82 Å². The Labute approximate surface area is 164 Å². The highest BCUT2D eigenvalue weighted by Crippen LogP contribution is 2.18. The second-order valence-corrected chi connectivity index (χ2v) is 7.61. The van der Waals surface area contributed by atoms with E-state index in [2.05, 4.69) is 15.6 Å². The van der Waals surface area contributed by atoms with Crippen LogP contribution in [-0.2, 0) is 17.6 Å². The number of nitrogens with zero attached hydrogens (tertiary/aromatic N) is 1. The number of hydrogen-bond donors (Lipinski definition) is 2. The van der Waals surface area contributed by atoms with Gasteiger partial charge in [-0.3, -0.25) is 14.9 Å². The van der Waals surface area contributed by atoms with Crippen molar-refractivity contribution in [2.24, 2.45) is 0 Å². The van der Waals surface area contributed by atoms with Crippen molar-refractivity contribution in [1.29, 1.82) is 0 Å². The molecule has 0 unspecified atom stereocenters. The van der Waals surface area contributed by atoms with Gasteiger partial charge in [0.05, 0.1) is 10.6 Å². The zero-order chi connectivity index (χ0) is 19.1. The Morgan fingerprint density at radius 1 is 1.07 bits per heavy atom. The minimum Gasteiger partial charge on any atom is -0.356 e. The van der Waals surface area contributed by atoms with E-state index in [4.69, 9.17) is 0 Å². The van der Waals surface area contributed by atoms with E-state index in [-0.39, 0.29) is 17.6 Å². The van der Waals surface area contributed by atoms with Gasteiger partial charge in [0.15, 0.2) is 5.13 Å². The minimum absolute atomic E-state index is 0.0608. The number of rotatable bonds is 8. The molecule has 0 radical (unpaired) electrons. The first-order valence-electron chi connectivity index (χ1n) is 8.40. The van der Waals surface area contributed by atoms with Crippen LogP contribution in [0.4, 0.5) is 9.52 Å². The first kappa shape index (κ1) is 19.2. The Hall–Kier alpha value is -2.58. The van der Waals surface area contributed by atoms with Gasteiger partial charge in [0.25, 0.3) is 5.91 Å². The smallest absolute Gasteiger partial charge is 0.267 e. The summed E-state index contributed by atoms with van der Waals surface area (Å²) >= 11 is 2.71. The number of benzene rings is 1. The summed E-state index contributed by atoms with van der Waals surface area (Å²) in [6, 6.07) is 9.82. The fourth-order valence-corrected chi connectivity index (χ4v) is 3.73. The van der Waals surface area contributed by atoms with Gasteiger partial charge < -0.3 is 5.32 Å². The lowest BCUT2D eigenvalue weighted by atomic mass is 10.1. The Kier molecular flexibility index (Phi) is 6.67. The Morgan fingerprint density at radius 2 is 1.89 bits per heavy atom. The van der Waals surface area contributed by atoms with Crippen LogP contribution < -0.4 is 10.6 Å². The molecule has 27 heavy (non-hydrogen) atoms. The molecule has 8 heteroatoms. The summed E-state index contributed by atoms with van der Waals surface area (Å²) in [6.07, 6.45) is 1.49. The van der Waals surface area contributed by atoms with E-state index in [9.17, 15) is 14.0 Å². The predicted octanol–water partition coefficient (Wildman–Crippen LogP) is 3.89. The van der Waals surface area contributed by atoms with E-state index >= 15 is 0 Å². The van der Waals surface area contributed by atoms with Gasteiger partial charge in [0.2, 0.25) is 5.91 Å². The Morgan fingerprint density at radius 3 is 2.63 bits per heavy atom. The molecule has 3 rings (SSSR count). The standard InChI is InChI=1S/C19H18FN3O2S2/c20-14-5-3-13(4-6-14)9-10-21-17(24)8-7-15-12-27-19(22-15)23-18(25)16-2-1-11-26-16/h1-6,11-12H,7-10H2,(H,21,24)(H,22,23,25). The fourth-order valence-electron chi connectivity index (χ4n) is 2.37. The quantitative estimate of drug-likeness (QED) is 0.599. The molecule has 0 aliphatic carbocycles. The molecular formula is C19H18FN3O2S2. The van der Waals surface area contributed by atoms with Crippen LogP contribution in [0.15, 0.2) is 47.2 Å². The zero-order valence-electron chi connectivity index (χ0n) is 14.4. The number of hydrogen-bond acceptors (Lipinski definition) is 5. The summed E-state index contributed by atoms with van der Waals surface area (Å²) < 4.78 is 12.8. The molecule has 2 aromatic heterocycles. The number of halogens is 1. The fraction of sp³-hybridized carbons (Fsp3) is 0.211. The molecule has 2 amide bonds. The molecule has 5 nitrogen and oxygen atoms in total. The van der Waals surface area contributed by atoms with Gasteiger partial charge in [-0.05, 0) is 42.0 Å². The number of aryl methyl sites for hydroxylation is 1. The van der Waals surface area contributed by atoms with Gasteiger partial charge in [-0.15, -0.1) is 22.7 Å². The highest BCUT2D eigenvalue weighted by atomic mass is 32.1. The SMILES string of the molecule is O=C(CCc1csc(NC(=O)c2cccs2)n1)NCCc1ccc(F)cc1. The molecule has 0 aliphatic heterocycles. The van der Waals surface area contributed by atoms with Crippen LogP contribution in [-0.4, -0.2) is 23.3 Å². The van der Waals surface area contributed by atoms with Crippen molar-refractivity contribution in [3.8, 4) is 0 Å². The van der Waals surface area contributed by atoms with Crippen molar-refractivity contribution in [2.75, 3.05) is 11.9 Å². The minimum atomic E-state index is -0.267. The third kappa shape index (κ3) is 5.97. The van der Waals surface area contributed by atoms with Crippen LogP contribution in [0.25, 0.3) is 0 Å². The Balaban J connectivity index is 1.38. The molecule has 0 atom stereocenters. The Bertz CT molecular complexity index is 892. The van der Waals surface area contributed by atoms with Crippen molar-refractivity contribution in [1.82, 2.24) is 10.3 Å². The van der Waals surface area contributed by atoms with Crippen LogP contribution in [0.1, 0.15) is 27.3 Å². The molecule has 0 spiro atoms. The van der Waals surface area contributed by atoms with E-state index in [1.54, 1.807) is 18.2 Å². The summed E-state index contributed by atoms with van der Waals surface area (Å²) in [7, 11) is 0. The molecule has 1 aromatic carbocycles. The number of anilines is 1. The van der Waals surface area contributed by atoms with E-state index in [0.29, 0.717) is 35.8 Å². The number of thiazole rings is 1. The molecular weight excluding hydrogens is 385 g/mol. The van der Waals surface area contributed by atoms with Crippen molar-refractivity contribution in [2.45, 2.75) is 19.3 Å². The maximum absolute atomic E-state index is 12.8. The molecule has 0 saturated heterocycles. The maximum atomic E-state index is 12.8. The zero-order valence-corrected chi connectivity index (χ0v) is 16.0.